The average Bonchev–Trinajstić information content (AvgIpc) is 2.76. The molecule has 0 spiro atoms. The topological polar surface area (TPSA) is 38.8 Å². The predicted molar refractivity (Wildman–Crippen MR) is 132 cm³/mol. The van der Waals surface area contributed by atoms with E-state index < -0.39 is 8.32 Å². The van der Waals surface area contributed by atoms with E-state index >= 15 is 0 Å². The number of nitrogens with zero attached hydrogens (tertiary/aromatic N) is 1. The van der Waals surface area contributed by atoms with Crippen LogP contribution in [0.15, 0.2) is 60.3 Å². The van der Waals surface area contributed by atoms with Crippen LogP contribution >= 0.6 is 0 Å². The second-order valence-corrected chi connectivity index (χ2v) is 14.4. The molecule has 0 saturated carbocycles. The molecule has 2 aromatic carbocycles. The highest BCUT2D eigenvalue weighted by atomic mass is 28.4. The lowest BCUT2D eigenvalue weighted by molar-refractivity contribution is -0.133. The third-order valence-corrected chi connectivity index (χ3v) is 11.0. The van der Waals surface area contributed by atoms with Gasteiger partial charge < -0.3 is 14.1 Å². The molecule has 32 heavy (non-hydrogen) atoms. The maximum absolute atomic E-state index is 12.8. The summed E-state index contributed by atoms with van der Waals surface area (Å²) in [5, 5.41) is 0.0781. The number of esters is 1. The van der Waals surface area contributed by atoms with E-state index in [2.05, 4.69) is 50.6 Å². The van der Waals surface area contributed by atoms with E-state index in [4.69, 9.17) is 9.16 Å². The second-order valence-electron chi connectivity index (χ2n) is 9.58. The molecule has 0 fully saturated rings. The minimum absolute atomic E-state index is 0.0781. The summed E-state index contributed by atoms with van der Waals surface area (Å²) >= 11 is 0. The number of carbonyl (C=O) groups is 1. The monoisotopic (exact) mass is 447 g/mol. The van der Waals surface area contributed by atoms with Gasteiger partial charge >= 0.3 is 5.97 Å². The highest BCUT2D eigenvalue weighted by Gasteiger charge is 2.39. The number of hydrogen-bond donors (Lipinski definition) is 0. The van der Waals surface area contributed by atoms with Gasteiger partial charge in [0.2, 0.25) is 0 Å². The summed E-state index contributed by atoms with van der Waals surface area (Å²) in [5.74, 6) is 6.42. The van der Waals surface area contributed by atoms with Crippen LogP contribution in [0.2, 0.25) is 18.1 Å². The van der Waals surface area contributed by atoms with Crippen molar-refractivity contribution >= 4 is 19.9 Å². The molecule has 1 heterocycles. The first-order valence-corrected chi connectivity index (χ1v) is 13.8. The summed E-state index contributed by atoms with van der Waals surface area (Å²) in [7, 11) is -0.593. The molecule has 1 unspecified atom stereocenters. The van der Waals surface area contributed by atoms with Gasteiger partial charge in [0.1, 0.15) is 12.8 Å². The number of benzene rings is 2. The minimum Gasteiger partial charge on any atom is -0.465 e. The molecule has 0 N–H and O–H groups in total. The normalized spacial score (nSPS) is 16.2. The highest BCUT2D eigenvalue weighted by Crippen LogP contribution is 2.41. The molecule has 1 atom stereocenters. The van der Waals surface area contributed by atoms with Crippen LogP contribution in [0.4, 0.5) is 0 Å². The average molecular weight is 448 g/mol. The molecule has 1 aliphatic heterocycles. The second kappa shape index (κ2) is 9.36. The van der Waals surface area contributed by atoms with Crippen LogP contribution in [0, 0.1) is 11.8 Å². The van der Waals surface area contributed by atoms with E-state index in [0.717, 1.165) is 22.4 Å². The van der Waals surface area contributed by atoms with E-state index in [9.17, 15) is 4.79 Å². The van der Waals surface area contributed by atoms with Crippen molar-refractivity contribution in [3.63, 3.8) is 0 Å². The summed E-state index contributed by atoms with van der Waals surface area (Å²) in [6, 6.07) is 17.6. The van der Waals surface area contributed by atoms with Crippen LogP contribution < -0.4 is 0 Å². The summed E-state index contributed by atoms with van der Waals surface area (Å²) in [6.45, 7) is 13.4. The highest BCUT2D eigenvalue weighted by molar-refractivity contribution is 6.74. The first kappa shape index (κ1) is 23.8. The lowest BCUT2D eigenvalue weighted by Gasteiger charge is -2.42. The van der Waals surface area contributed by atoms with E-state index in [1.54, 1.807) is 0 Å². The van der Waals surface area contributed by atoms with Crippen molar-refractivity contribution in [1.82, 2.24) is 4.90 Å². The fourth-order valence-electron chi connectivity index (χ4n) is 3.47. The van der Waals surface area contributed by atoms with Crippen LogP contribution in [0.1, 0.15) is 50.4 Å². The maximum Gasteiger partial charge on any atom is 0.340 e. The Kier molecular flexibility index (Phi) is 6.97. The van der Waals surface area contributed by atoms with Gasteiger partial charge in [-0.3, -0.25) is 0 Å². The smallest absolute Gasteiger partial charge is 0.340 e. The number of methoxy groups -OCH3 is 1. The number of allylic oxidation sites excluding steroid dienone is 1. The third-order valence-electron chi connectivity index (χ3n) is 6.52. The fraction of sp³-hybridized carbons (Fsp3) is 0.370. The summed E-state index contributed by atoms with van der Waals surface area (Å²) in [4.78, 5) is 14.9. The quantitative estimate of drug-likeness (QED) is 0.328. The summed E-state index contributed by atoms with van der Waals surface area (Å²) in [6.07, 6.45) is 0. The molecular formula is C27H33NO3Si. The van der Waals surface area contributed by atoms with Crippen LogP contribution in [-0.4, -0.2) is 33.0 Å². The molecular weight excluding hydrogens is 414 g/mol. The number of rotatable bonds is 4. The Bertz CT molecular complexity index is 1070. The molecule has 0 radical (unpaired) electrons. The molecule has 0 bridgehead atoms. The standard InChI is InChI=1S/C27H33NO3Si/c1-20-25(26(29)30-5)23-16-12-11-15-22(23)24(18-17-21-13-9-8-10-14-21)28(20)19-31-32(6,7)27(2,3)4/h8-16,24H,19H2,1-7H3. The van der Waals surface area contributed by atoms with E-state index in [1.165, 1.54) is 7.11 Å². The lowest BCUT2D eigenvalue weighted by Crippen LogP contribution is -2.45. The number of hydrogen-bond acceptors (Lipinski definition) is 4. The minimum atomic E-state index is -2.01. The molecule has 0 aromatic heterocycles. The molecule has 0 saturated heterocycles. The van der Waals surface area contributed by atoms with Crippen LogP contribution in [0.3, 0.4) is 0 Å². The van der Waals surface area contributed by atoms with Gasteiger partial charge in [-0.1, -0.05) is 75.1 Å². The van der Waals surface area contributed by atoms with Crippen molar-refractivity contribution in [3.05, 3.63) is 77.0 Å². The first-order valence-electron chi connectivity index (χ1n) is 10.9. The Morgan fingerprint density at radius 3 is 2.31 bits per heavy atom. The van der Waals surface area contributed by atoms with Crippen molar-refractivity contribution in [2.24, 2.45) is 0 Å². The van der Waals surface area contributed by atoms with Crippen molar-refractivity contribution in [3.8, 4) is 11.8 Å². The summed E-state index contributed by atoms with van der Waals surface area (Å²) in [5.41, 5.74) is 4.20. The Morgan fingerprint density at radius 1 is 1.06 bits per heavy atom. The van der Waals surface area contributed by atoms with E-state index in [1.807, 2.05) is 61.5 Å². The zero-order valence-electron chi connectivity index (χ0n) is 20.2. The lowest BCUT2D eigenvalue weighted by atomic mass is 9.88. The molecule has 168 valence electrons. The molecule has 1 aliphatic rings. The number of carbonyl (C=O) groups excluding carboxylic acids is 1. The third kappa shape index (κ3) is 4.82. The number of ether oxygens (including phenoxy) is 1. The molecule has 2 aromatic rings. The van der Waals surface area contributed by atoms with Crippen molar-refractivity contribution < 1.29 is 14.0 Å². The Hall–Kier alpha value is -2.81. The largest absolute Gasteiger partial charge is 0.465 e. The Morgan fingerprint density at radius 2 is 1.69 bits per heavy atom. The van der Waals surface area contributed by atoms with Gasteiger partial charge in [-0.15, -0.1) is 0 Å². The van der Waals surface area contributed by atoms with Crippen molar-refractivity contribution in [1.29, 1.82) is 0 Å². The zero-order valence-corrected chi connectivity index (χ0v) is 21.2. The van der Waals surface area contributed by atoms with Gasteiger partial charge in [-0.25, -0.2) is 4.79 Å². The Balaban J connectivity index is 2.10. The SMILES string of the molecule is COC(=O)C1=C(C)N(CO[Si](C)(C)C(C)(C)C)C(C#Cc2ccccc2)c2ccccc21. The van der Waals surface area contributed by atoms with Crippen LogP contribution in [0.25, 0.3) is 5.57 Å². The van der Waals surface area contributed by atoms with Crippen LogP contribution in [0.5, 0.6) is 0 Å². The van der Waals surface area contributed by atoms with E-state index in [-0.39, 0.29) is 17.0 Å². The summed E-state index contributed by atoms with van der Waals surface area (Å²) < 4.78 is 11.7. The number of fused-ring (bicyclic) bond motifs is 1. The molecule has 5 heteroatoms. The molecule has 0 aliphatic carbocycles. The van der Waals surface area contributed by atoms with Gasteiger partial charge in [-0.05, 0) is 48.3 Å². The molecule has 0 amide bonds. The first-order chi connectivity index (χ1) is 15.1. The molecule has 3 rings (SSSR count). The predicted octanol–water partition coefficient (Wildman–Crippen LogP) is 5.98. The maximum atomic E-state index is 12.8. The van der Waals surface area contributed by atoms with Gasteiger partial charge in [-0.2, -0.15) is 0 Å². The zero-order chi connectivity index (χ0) is 23.5. The van der Waals surface area contributed by atoms with Crippen LogP contribution in [-0.2, 0) is 14.0 Å². The Labute approximate surface area is 193 Å². The van der Waals surface area contributed by atoms with E-state index in [0.29, 0.717) is 12.3 Å². The van der Waals surface area contributed by atoms with Gasteiger partial charge in [0.25, 0.3) is 0 Å². The van der Waals surface area contributed by atoms with Crippen molar-refractivity contribution in [2.75, 3.05) is 13.8 Å². The van der Waals surface area contributed by atoms with Gasteiger partial charge in [0.05, 0.1) is 12.7 Å². The fourth-order valence-corrected chi connectivity index (χ4v) is 4.37. The van der Waals surface area contributed by atoms with Gasteiger partial charge in [0, 0.05) is 11.3 Å². The van der Waals surface area contributed by atoms with Gasteiger partial charge in [0.15, 0.2) is 8.32 Å². The molecule has 4 nitrogen and oxygen atoms in total. The van der Waals surface area contributed by atoms with Crippen molar-refractivity contribution in [2.45, 2.75) is 51.9 Å².